The lowest BCUT2D eigenvalue weighted by Crippen LogP contribution is -2.38. The summed E-state index contributed by atoms with van der Waals surface area (Å²) in [4.78, 5) is 8.16. The molecular formula is C19H22F4N4O. The van der Waals surface area contributed by atoms with E-state index >= 15 is 0 Å². The molecule has 0 bridgehead atoms. The molecule has 0 amide bonds. The van der Waals surface area contributed by atoms with Crippen LogP contribution in [0.3, 0.4) is 0 Å². The lowest BCUT2D eigenvalue weighted by atomic mass is 10.1. The fourth-order valence-corrected chi connectivity index (χ4v) is 2.31. The van der Waals surface area contributed by atoms with Gasteiger partial charge in [0.05, 0.1) is 6.54 Å². The number of aromatic nitrogens is 1. The summed E-state index contributed by atoms with van der Waals surface area (Å²) in [6, 6.07) is 9.45. The molecule has 2 rings (SSSR count). The van der Waals surface area contributed by atoms with Crippen molar-refractivity contribution in [2.24, 2.45) is 4.99 Å². The molecule has 152 valence electrons. The predicted molar refractivity (Wildman–Crippen MR) is 98.7 cm³/mol. The van der Waals surface area contributed by atoms with Crippen LogP contribution in [-0.2, 0) is 13.0 Å². The monoisotopic (exact) mass is 398 g/mol. The Balaban J connectivity index is 1.90. The van der Waals surface area contributed by atoms with E-state index in [1.165, 1.54) is 24.4 Å². The van der Waals surface area contributed by atoms with Crippen molar-refractivity contribution in [3.05, 3.63) is 59.5 Å². The first kappa shape index (κ1) is 21.5. The molecule has 1 aromatic heterocycles. The smallest absolute Gasteiger partial charge is 0.422 e. The van der Waals surface area contributed by atoms with Gasteiger partial charge in [-0.2, -0.15) is 13.2 Å². The Kier molecular flexibility index (Phi) is 8.03. The van der Waals surface area contributed by atoms with Crippen molar-refractivity contribution in [3.63, 3.8) is 0 Å². The van der Waals surface area contributed by atoms with Crippen LogP contribution in [0.2, 0.25) is 0 Å². The first-order chi connectivity index (χ1) is 13.4. The van der Waals surface area contributed by atoms with E-state index in [1.807, 2.05) is 13.0 Å². The summed E-state index contributed by atoms with van der Waals surface area (Å²) >= 11 is 0. The zero-order valence-electron chi connectivity index (χ0n) is 15.4. The molecule has 0 unspecified atom stereocenters. The summed E-state index contributed by atoms with van der Waals surface area (Å²) in [5.41, 5.74) is 1.53. The number of ether oxygens (including phenoxy) is 1. The molecule has 2 aromatic rings. The third-order valence-corrected chi connectivity index (χ3v) is 3.54. The summed E-state index contributed by atoms with van der Waals surface area (Å²) in [5.74, 6) is 0.168. The predicted octanol–water partition coefficient (Wildman–Crippen LogP) is 3.46. The van der Waals surface area contributed by atoms with Crippen molar-refractivity contribution in [3.8, 4) is 5.88 Å². The van der Waals surface area contributed by atoms with E-state index in [2.05, 4.69) is 25.3 Å². The van der Waals surface area contributed by atoms with E-state index in [4.69, 9.17) is 0 Å². The van der Waals surface area contributed by atoms with Crippen LogP contribution in [0.1, 0.15) is 18.1 Å². The van der Waals surface area contributed by atoms with Gasteiger partial charge in [0.25, 0.3) is 0 Å². The number of nitrogens with zero attached hydrogens (tertiary/aromatic N) is 2. The Hall–Kier alpha value is -2.84. The topological polar surface area (TPSA) is 58.5 Å². The van der Waals surface area contributed by atoms with Crippen LogP contribution < -0.4 is 15.4 Å². The number of hydrogen-bond acceptors (Lipinski definition) is 3. The molecule has 5 nitrogen and oxygen atoms in total. The zero-order valence-corrected chi connectivity index (χ0v) is 15.4. The van der Waals surface area contributed by atoms with Gasteiger partial charge in [0.15, 0.2) is 12.6 Å². The van der Waals surface area contributed by atoms with E-state index in [1.54, 1.807) is 12.1 Å². The lowest BCUT2D eigenvalue weighted by Gasteiger charge is -2.12. The van der Waals surface area contributed by atoms with Crippen molar-refractivity contribution in [1.82, 2.24) is 15.6 Å². The summed E-state index contributed by atoms with van der Waals surface area (Å²) in [6.45, 7) is 1.95. The second-order valence-corrected chi connectivity index (χ2v) is 5.91. The number of guanidine groups is 1. The molecule has 0 atom stereocenters. The van der Waals surface area contributed by atoms with Crippen LogP contribution in [0, 0.1) is 5.82 Å². The van der Waals surface area contributed by atoms with Gasteiger partial charge >= 0.3 is 6.18 Å². The minimum Gasteiger partial charge on any atom is -0.468 e. The molecule has 0 aliphatic heterocycles. The molecule has 9 heteroatoms. The van der Waals surface area contributed by atoms with Gasteiger partial charge in [-0.15, -0.1) is 0 Å². The summed E-state index contributed by atoms with van der Waals surface area (Å²) in [7, 11) is 0. The molecule has 1 heterocycles. The highest BCUT2D eigenvalue weighted by atomic mass is 19.4. The van der Waals surface area contributed by atoms with Crippen molar-refractivity contribution in [1.29, 1.82) is 0 Å². The number of aliphatic imine (C=N–C) groups is 1. The van der Waals surface area contributed by atoms with Gasteiger partial charge < -0.3 is 15.4 Å². The summed E-state index contributed by atoms with van der Waals surface area (Å²) in [5, 5.41) is 6.22. The first-order valence-corrected chi connectivity index (χ1v) is 8.77. The molecule has 0 saturated carbocycles. The Morgan fingerprint density at radius 3 is 2.68 bits per heavy atom. The maximum absolute atomic E-state index is 13.2. The van der Waals surface area contributed by atoms with Gasteiger partial charge in [-0.05, 0) is 42.7 Å². The average molecular weight is 398 g/mol. The van der Waals surface area contributed by atoms with Crippen LogP contribution in [0.25, 0.3) is 0 Å². The fraction of sp³-hybridized carbons (Fsp3) is 0.368. The highest BCUT2D eigenvalue weighted by Gasteiger charge is 2.28. The Bertz CT molecular complexity index is 781. The number of alkyl halides is 3. The van der Waals surface area contributed by atoms with Crippen LogP contribution in [0.15, 0.2) is 47.6 Å². The highest BCUT2D eigenvalue weighted by Crippen LogP contribution is 2.17. The SMILES string of the molecule is CCNC(=NCc1ccnc(OCC(F)(F)F)c1)NCCc1cccc(F)c1. The molecule has 0 saturated heterocycles. The molecule has 28 heavy (non-hydrogen) atoms. The van der Waals surface area contributed by atoms with Crippen molar-refractivity contribution >= 4 is 5.96 Å². The van der Waals surface area contributed by atoms with Gasteiger partial charge in [0.1, 0.15) is 5.82 Å². The quantitative estimate of drug-likeness (QED) is 0.406. The Morgan fingerprint density at radius 1 is 1.14 bits per heavy atom. The van der Waals surface area contributed by atoms with Crippen molar-refractivity contribution in [2.75, 3.05) is 19.7 Å². The largest absolute Gasteiger partial charge is 0.468 e. The van der Waals surface area contributed by atoms with Crippen LogP contribution >= 0.6 is 0 Å². The fourth-order valence-electron chi connectivity index (χ4n) is 2.31. The number of nitrogens with one attached hydrogen (secondary N) is 2. The highest BCUT2D eigenvalue weighted by molar-refractivity contribution is 5.79. The zero-order chi connectivity index (χ0) is 20.4. The number of hydrogen-bond donors (Lipinski definition) is 2. The van der Waals surface area contributed by atoms with Crippen molar-refractivity contribution in [2.45, 2.75) is 26.1 Å². The van der Waals surface area contributed by atoms with E-state index < -0.39 is 12.8 Å². The maximum atomic E-state index is 13.2. The van der Waals surface area contributed by atoms with Gasteiger partial charge in [-0.3, -0.25) is 0 Å². The maximum Gasteiger partial charge on any atom is 0.422 e. The third kappa shape index (κ3) is 8.24. The molecular weight excluding hydrogens is 376 g/mol. The van der Waals surface area contributed by atoms with E-state index in [-0.39, 0.29) is 18.2 Å². The minimum atomic E-state index is -4.42. The second-order valence-electron chi connectivity index (χ2n) is 5.91. The molecule has 0 radical (unpaired) electrons. The number of halogens is 4. The standard InChI is InChI=1S/C19H22F4N4O/c1-2-24-18(26-9-6-14-4-3-5-16(20)10-14)27-12-15-7-8-25-17(11-15)28-13-19(21,22)23/h3-5,7-8,10-11H,2,6,9,12-13H2,1H3,(H2,24,26,27). The minimum absolute atomic E-state index is 0.103. The van der Waals surface area contributed by atoms with E-state index in [0.717, 1.165) is 5.56 Å². The van der Waals surface area contributed by atoms with E-state index in [0.29, 0.717) is 31.0 Å². The molecule has 1 aromatic carbocycles. The van der Waals surface area contributed by atoms with Crippen LogP contribution in [-0.4, -0.2) is 36.8 Å². The number of benzene rings is 1. The third-order valence-electron chi connectivity index (χ3n) is 3.54. The lowest BCUT2D eigenvalue weighted by molar-refractivity contribution is -0.154. The average Bonchev–Trinajstić information content (AvgIpc) is 2.64. The first-order valence-electron chi connectivity index (χ1n) is 8.77. The molecule has 0 aliphatic carbocycles. The van der Waals surface area contributed by atoms with Crippen molar-refractivity contribution < 1.29 is 22.3 Å². The molecule has 2 N–H and O–H groups in total. The Morgan fingerprint density at radius 2 is 1.96 bits per heavy atom. The van der Waals surface area contributed by atoms with Gasteiger partial charge in [0.2, 0.25) is 5.88 Å². The van der Waals surface area contributed by atoms with Crippen LogP contribution in [0.4, 0.5) is 17.6 Å². The van der Waals surface area contributed by atoms with Gasteiger partial charge in [-0.25, -0.2) is 14.4 Å². The van der Waals surface area contributed by atoms with E-state index in [9.17, 15) is 17.6 Å². The second kappa shape index (κ2) is 10.5. The number of rotatable bonds is 8. The van der Waals surface area contributed by atoms with Crippen LogP contribution in [0.5, 0.6) is 5.88 Å². The molecule has 0 spiro atoms. The molecule has 0 fully saturated rings. The summed E-state index contributed by atoms with van der Waals surface area (Å²) < 4.78 is 54.5. The summed E-state index contributed by atoms with van der Waals surface area (Å²) in [6.07, 6.45) is -2.42. The normalized spacial score (nSPS) is 12.0. The number of pyridine rings is 1. The Labute approximate surface area is 160 Å². The van der Waals surface area contributed by atoms with Gasteiger partial charge in [0, 0.05) is 25.4 Å². The van der Waals surface area contributed by atoms with Gasteiger partial charge in [-0.1, -0.05) is 12.1 Å². The molecule has 0 aliphatic rings.